The van der Waals surface area contributed by atoms with Crippen molar-refractivity contribution in [3.8, 4) is 0 Å². The lowest BCUT2D eigenvalue weighted by molar-refractivity contribution is -0.137. The molecule has 10 heteroatoms. The standard InChI is InChI=1S/C18H12ClF3N2O3S/c19-14-6-8-15(9-7-14)28(26,27)24-16(25)17(10-1-11-23-17)12-2-4-13(5-3-12)18(20,21)22/h1-11H,(H,24,25). The summed E-state index contributed by atoms with van der Waals surface area (Å²) >= 11 is 5.73. The second-order valence-corrected chi connectivity index (χ2v) is 7.99. The molecule has 1 heterocycles. The fraction of sp³-hybridized carbons (Fsp3) is 0.111. The van der Waals surface area contributed by atoms with E-state index in [4.69, 9.17) is 11.6 Å². The van der Waals surface area contributed by atoms with Crippen LogP contribution < -0.4 is 4.72 Å². The zero-order valence-corrected chi connectivity index (χ0v) is 15.5. The van der Waals surface area contributed by atoms with Crippen molar-refractivity contribution < 1.29 is 26.4 Å². The maximum absolute atomic E-state index is 12.8. The Morgan fingerprint density at radius 3 is 2.14 bits per heavy atom. The molecule has 2 aromatic rings. The first-order valence-electron chi connectivity index (χ1n) is 7.78. The Kier molecular flexibility index (Phi) is 5.07. The molecule has 0 fully saturated rings. The van der Waals surface area contributed by atoms with Gasteiger partial charge in [-0.3, -0.25) is 9.79 Å². The van der Waals surface area contributed by atoms with E-state index in [1.165, 1.54) is 42.6 Å². The summed E-state index contributed by atoms with van der Waals surface area (Å²) in [6, 6.07) is 8.92. The average molecular weight is 429 g/mol. The lowest BCUT2D eigenvalue weighted by Gasteiger charge is -2.24. The van der Waals surface area contributed by atoms with Crippen LogP contribution >= 0.6 is 11.6 Å². The van der Waals surface area contributed by atoms with Crippen LogP contribution in [0.4, 0.5) is 13.2 Å². The van der Waals surface area contributed by atoms with Crippen LogP contribution in [0.1, 0.15) is 11.1 Å². The maximum Gasteiger partial charge on any atom is 0.416 e. The van der Waals surface area contributed by atoms with Crippen LogP contribution in [0.25, 0.3) is 0 Å². The van der Waals surface area contributed by atoms with Crippen LogP contribution in [-0.4, -0.2) is 20.5 Å². The normalized spacial score (nSPS) is 19.0. The lowest BCUT2D eigenvalue weighted by Crippen LogP contribution is -2.43. The number of nitrogens with zero attached hydrogens (tertiary/aromatic N) is 1. The van der Waals surface area contributed by atoms with E-state index < -0.39 is 33.2 Å². The summed E-state index contributed by atoms with van der Waals surface area (Å²) in [6.45, 7) is 0. The van der Waals surface area contributed by atoms with Gasteiger partial charge in [0.05, 0.1) is 10.5 Å². The fourth-order valence-electron chi connectivity index (χ4n) is 2.61. The summed E-state index contributed by atoms with van der Waals surface area (Å²) in [4.78, 5) is 16.6. The van der Waals surface area contributed by atoms with Gasteiger partial charge in [-0.05, 0) is 54.1 Å². The zero-order chi connectivity index (χ0) is 20.6. The molecule has 1 amide bonds. The van der Waals surface area contributed by atoms with Gasteiger partial charge in [0.15, 0.2) is 5.54 Å². The molecule has 1 aliphatic heterocycles. The highest BCUT2D eigenvalue weighted by Gasteiger charge is 2.41. The van der Waals surface area contributed by atoms with Gasteiger partial charge in [0.2, 0.25) is 0 Å². The number of hydrogen-bond donors (Lipinski definition) is 1. The van der Waals surface area contributed by atoms with Crippen molar-refractivity contribution in [3.63, 3.8) is 0 Å². The number of aliphatic imine (C=N–C) groups is 1. The van der Waals surface area contributed by atoms with Gasteiger partial charge in [-0.15, -0.1) is 0 Å². The van der Waals surface area contributed by atoms with Crippen LogP contribution in [0, 0.1) is 0 Å². The summed E-state index contributed by atoms with van der Waals surface area (Å²) in [5, 5.41) is 0.315. The summed E-state index contributed by atoms with van der Waals surface area (Å²) in [6.07, 6.45) is -0.554. The molecule has 1 N–H and O–H groups in total. The minimum Gasteiger partial charge on any atom is -0.270 e. The molecule has 3 rings (SSSR count). The molecule has 0 bridgehead atoms. The van der Waals surface area contributed by atoms with E-state index >= 15 is 0 Å². The molecule has 0 saturated carbocycles. The lowest BCUT2D eigenvalue weighted by atomic mass is 9.90. The van der Waals surface area contributed by atoms with Gasteiger partial charge >= 0.3 is 6.18 Å². The quantitative estimate of drug-likeness (QED) is 0.806. The predicted molar refractivity (Wildman–Crippen MR) is 97.5 cm³/mol. The molecule has 146 valence electrons. The summed E-state index contributed by atoms with van der Waals surface area (Å²) in [5.74, 6) is -1.02. The van der Waals surface area contributed by atoms with Crippen LogP contribution in [0.15, 0.2) is 70.6 Å². The highest BCUT2D eigenvalue weighted by molar-refractivity contribution is 7.90. The number of nitrogens with one attached hydrogen (secondary N) is 1. The minimum absolute atomic E-state index is 0.0920. The third-order valence-corrected chi connectivity index (χ3v) is 5.65. The number of amides is 1. The molecule has 0 aromatic heterocycles. The predicted octanol–water partition coefficient (Wildman–Crippen LogP) is 3.70. The van der Waals surface area contributed by atoms with E-state index in [1.807, 2.05) is 4.72 Å². The van der Waals surface area contributed by atoms with Crippen molar-refractivity contribution in [1.82, 2.24) is 4.72 Å². The molecule has 5 nitrogen and oxygen atoms in total. The van der Waals surface area contributed by atoms with E-state index in [1.54, 1.807) is 0 Å². The number of carbonyl (C=O) groups excluding carboxylic acids is 1. The second-order valence-electron chi connectivity index (χ2n) is 5.87. The van der Waals surface area contributed by atoms with Crippen molar-refractivity contribution in [2.75, 3.05) is 0 Å². The number of halogens is 4. The van der Waals surface area contributed by atoms with Gasteiger partial charge in [-0.25, -0.2) is 13.1 Å². The molecular formula is C18H12ClF3N2O3S. The smallest absolute Gasteiger partial charge is 0.270 e. The minimum atomic E-state index is -4.54. The van der Waals surface area contributed by atoms with Crippen molar-refractivity contribution in [3.05, 3.63) is 76.8 Å². The van der Waals surface area contributed by atoms with Gasteiger partial charge in [-0.2, -0.15) is 13.2 Å². The highest BCUT2D eigenvalue weighted by atomic mass is 35.5. The molecule has 28 heavy (non-hydrogen) atoms. The van der Waals surface area contributed by atoms with Gasteiger partial charge in [-0.1, -0.05) is 23.7 Å². The molecule has 0 spiro atoms. The average Bonchev–Trinajstić information content (AvgIpc) is 3.12. The first-order valence-corrected chi connectivity index (χ1v) is 9.64. The maximum atomic E-state index is 12.8. The zero-order valence-electron chi connectivity index (χ0n) is 13.9. The van der Waals surface area contributed by atoms with E-state index in [-0.39, 0.29) is 10.5 Å². The molecule has 1 unspecified atom stereocenters. The highest BCUT2D eigenvalue weighted by Crippen LogP contribution is 2.34. The number of benzene rings is 2. The van der Waals surface area contributed by atoms with Crippen molar-refractivity contribution in [1.29, 1.82) is 0 Å². The van der Waals surface area contributed by atoms with Gasteiger partial charge in [0.1, 0.15) is 0 Å². The molecule has 1 aliphatic rings. The second kappa shape index (κ2) is 7.06. The van der Waals surface area contributed by atoms with Gasteiger partial charge < -0.3 is 0 Å². The Morgan fingerprint density at radius 2 is 1.64 bits per heavy atom. The molecule has 0 saturated heterocycles. The van der Waals surface area contributed by atoms with Crippen LogP contribution in [0.3, 0.4) is 0 Å². The molecule has 0 radical (unpaired) electrons. The molecular weight excluding hydrogens is 417 g/mol. The largest absolute Gasteiger partial charge is 0.416 e. The van der Waals surface area contributed by atoms with Crippen LogP contribution in [0.2, 0.25) is 5.02 Å². The summed E-state index contributed by atoms with van der Waals surface area (Å²) < 4.78 is 65.2. The van der Waals surface area contributed by atoms with Crippen molar-refractivity contribution in [2.45, 2.75) is 16.6 Å². The Bertz CT molecular complexity index is 1050. The Labute approximate surface area is 163 Å². The van der Waals surface area contributed by atoms with Gasteiger partial charge in [0.25, 0.3) is 15.9 Å². The number of rotatable bonds is 4. The number of hydrogen-bond acceptors (Lipinski definition) is 4. The summed E-state index contributed by atoms with van der Waals surface area (Å²) in [7, 11) is -4.24. The number of allylic oxidation sites excluding steroid dienone is 1. The van der Waals surface area contributed by atoms with Gasteiger partial charge in [0, 0.05) is 11.2 Å². The molecule has 1 atom stereocenters. The van der Waals surface area contributed by atoms with Crippen LogP contribution in [-0.2, 0) is 26.5 Å². The first kappa shape index (κ1) is 20.1. The SMILES string of the molecule is O=C(NS(=O)(=O)c1ccc(Cl)cc1)C1(c2ccc(C(F)(F)F)cc2)C=CC=N1. The molecule has 2 aromatic carbocycles. The van der Waals surface area contributed by atoms with Crippen molar-refractivity contribution in [2.24, 2.45) is 4.99 Å². The Balaban J connectivity index is 1.94. The number of carbonyl (C=O) groups is 1. The third kappa shape index (κ3) is 3.81. The number of alkyl halides is 3. The topological polar surface area (TPSA) is 75.6 Å². The Hall–Kier alpha value is -2.65. The number of sulfonamides is 1. The third-order valence-electron chi connectivity index (χ3n) is 4.05. The van der Waals surface area contributed by atoms with E-state index in [0.717, 1.165) is 24.3 Å². The Morgan fingerprint density at radius 1 is 1.04 bits per heavy atom. The fourth-order valence-corrected chi connectivity index (χ4v) is 3.75. The van der Waals surface area contributed by atoms with E-state index in [2.05, 4.69) is 4.99 Å². The molecule has 0 aliphatic carbocycles. The first-order chi connectivity index (χ1) is 13.0. The van der Waals surface area contributed by atoms with Crippen molar-refractivity contribution >= 4 is 33.7 Å². The monoisotopic (exact) mass is 428 g/mol. The summed E-state index contributed by atoms with van der Waals surface area (Å²) in [5.41, 5.74) is -2.59. The van der Waals surface area contributed by atoms with E-state index in [9.17, 15) is 26.4 Å². The van der Waals surface area contributed by atoms with Crippen LogP contribution in [0.5, 0.6) is 0 Å². The van der Waals surface area contributed by atoms with E-state index in [0.29, 0.717) is 5.02 Å².